The molecule has 178 valence electrons. The van der Waals surface area contributed by atoms with E-state index in [1.807, 2.05) is 12.3 Å². The molecular formula is C26H47NO2SSi. The highest BCUT2D eigenvalue weighted by molar-refractivity contribution is 7.09. The largest absolute Gasteiger partial charge is 0.414 e. The van der Waals surface area contributed by atoms with E-state index < -0.39 is 8.32 Å². The Labute approximate surface area is 196 Å². The number of aliphatic hydroxyl groups excluding tert-OH is 1. The quantitative estimate of drug-likeness (QED) is 0.338. The van der Waals surface area contributed by atoms with Gasteiger partial charge in [0, 0.05) is 17.2 Å². The molecule has 1 N–H and O–H groups in total. The first kappa shape index (κ1) is 25.4. The lowest BCUT2D eigenvalue weighted by atomic mass is 9.61. The van der Waals surface area contributed by atoms with E-state index >= 15 is 0 Å². The fourth-order valence-electron chi connectivity index (χ4n) is 7.04. The van der Waals surface area contributed by atoms with E-state index in [-0.39, 0.29) is 6.10 Å². The van der Waals surface area contributed by atoms with Gasteiger partial charge < -0.3 is 9.53 Å². The van der Waals surface area contributed by atoms with Crippen LogP contribution >= 0.6 is 11.3 Å². The van der Waals surface area contributed by atoms with Crippen molar-refractivity contribution in [1.82, 2.24) is 4.98 Å². The lowest BCUT2D eigenvalue weighted by molar-refractivity contribution is -0.0205. The molecule has 0 amide bonds. The van der Waals surface area contributed by atoms with Gasteiger partial charge in [0.25, 0.3) is 0 Å². The van der Waals surface area contributed by atoms with Crippen molar-refractivity contribution in [3.63, 3.8) is 0 Å². The lowest BCUT2D eigenvalue weighted by Gasteiger charge is -2.49. The van der Waals surface area contributed by atoms with Gasteiger partial charge in [0.2, 0.25) is 0 Å². The monoisotopic (exact) mass is 465 g/mol. The normalized spacial score (nSPS) is 30.9. The van der Waals surface area contributed by atoms with E-state index in [9.17, 15) is 5.11 Å². The summed E-state index contributed by atoms with van der Waals surface area (Å²) in [6.45, 7) is 14.2. The molecule has 0 saturated heterocycles. The van der Waals surface area contributed by atoms with Crippen LogP contribution in [0.25, 0.3) is 0 Å². The molecular weight excluding hydrogens is 418 g/mol. The zero-order chi connectivity index (χ0) is 22.6. The van der Waals surface area contributed by atoms with Gasteiger partial charge in [-0.25, -0.2) is 4.98 Å². The van der Waals surface area contributed by atoms with E-state index in [2.05, 4.69) is 39.6 Å². The SMILES string of the molecule is CC[Si](CC)(CC)OC1CCC[C@]2(C)[C@@H]([C@H](C)CCCC(O)c3nc(C)cs3)CC[C@@H]12. The molecule has 2 aliphatic rings. The van der Waals surface area contributed by atoms with Gasteiger partial charge in [-0.15, -0.1) is 11.3 Å². The molecule has 2 aliphatic carbocycles. The third-order valence-corrected chi connectivity index (χ3v) is 14.9. The molecule has 0 spiro atoms. The standard InChI is InChI=1S/C26H47NO2SSi/c1-7-31(8-2,9-3)29-24-14-11-17-26(6)21(15-16-22(24)26)19(4)12-10-13-23(28)25-27-20(5)18-30-25/h18-19,21-24,28H,7-17H2,1-6H3/t19-,21-,22+,23?,24?,26-/m1/s1. The van der Waals surface area contributed by atoms with Crippen LogP contribution in [-0.4, -0.2) is 24.5 Å². The van der Waals surface area contributed by atoms with Crippen LogP contribution in [0.5, 0.6) is 0 Å². The van der Waals surface area contributed by atoms with Crippen molar-refractivity contribution >= 4 is 19.7 Å². The first-order valence-electron chi connectivity index (χ1n) is 13.1. The third-order valence-electron chi connectivity index (χ3n) is 9.22. The number of hydrogen-bond acceptors (Lipinski definition) is 4. The van der Waals surface area contributed by atoms with Gasteiger partial charge in [0.05, 0.1) is 0 Å². The molecule has 1 heterocycles. The van der Waals surface area contributed by atoms with E-state index in [1.54, 1.807) is 11.3 Å². The van der Waals surface area contributed by atoms with Crippen molar-refractivity contribution < 1.29 is 9.53 Å². The van der Waals surface area contributed by atoms with Crippen LogP contribution < -0.4 is 0 Å². The Balaban J connectivity index is 1.58. The Kier molecular flexibility index (Phi) is 8.84. The van der Waals surface area contributed by atoms with Gasteiger partial charge in [0.15, 0.2) is 8.32 Å². The van der Waals surface area contributed by atoms with Crippen LogP contribution in [0.15, 0.2) is 5.38 Å². The van der Waals surface area contributed by atoms with E-state index in [1.165, 1.54) is 56.7 Å². The van der Waals surface area contributed by atoms with Crippen LogP contribution in [0.3, 0.4) is 0 Å². The van der Waals surface area contributed by atoms with E-state index in [0.717, 1.165) is 41.3 Å². The van der Waals surface area contributed by atoms with Crippen LogP contribution in [-0.2, 0) is 4.43 Å². The summed E-state index contributed by atoms with van der Waals surface area (Å²) >= 11 is 1.59. The Hall–Kier alpha value is -0.233. The molecule has 0 aliphatic heterocycles. The summed E-state index contributed by atoms with van der Waals surface area (Å²) in [5.74, 6) is 2.29. The number of nitrogens with zero attached hydrogens (tertiary/aromatic N) is 1. The first-order valence-corrected chi connectivity index (χ1v) is 16.5. The van der Waals surface area contributed by atoms with Crippen molar-refractivity contribution in [2.75, 3.05) is 0 Å². The van der Waals surface area contributed by atoms with Gasteiger partial charge in [-0.1, -0.05) is 53.9 Å². The molecule has 6 atom stereocenters. The molecule has 3 nitrogen and oxygen atoms in total. The lowest BCUT2D eigenvalue weighted by Crippen LogP contribution is -2.48. The molecule has 2 saturated carbocycles. The van der Waals surface area contributed by atoms with E-state index in [0.29, 0.717) is 11.5 Å². The van der Waals surface area contributed by atoms with Crippen LogP contribution in [0, 0.1) is 30.1 Å². The molecule has 2 unspecified atom stereocenters. The molecule has 0 aromatic carbocycles. The molecule has 0 radical (unpaired) electrons. The summed E-state index contributed by atoms with van der Waals surface area (Å²) in [7, 11) is -1.54. The molecule has 1 aromatic rings. The highest BCUT2D eigenvalue weighted by Gasteiger charge is 2.53. The Morgan fingerprint density at radius 1 is 1.19 bits per heavy atom. The summed E-state index contributed by atoms with van der Waals surface area (Å²) in [6.07, 6.45) is 10.0. The predicted octanol–water partition coefficient (Wildman–Crippen LogP) is 7.90. The summed E-state index contributed by atoms with van der Waals surface area (Å²) in [4.78, 5) is 4.47. The predicted molar refractivity (Wildman–Crippen MR) is 135 cm³/mol. The Bertz CT molecular complexity index is 682. The minimum Gasteiger partial charge on any atom is -0.414 e. The van der Waals surface area contributed by atoms with Crippen molar-refractivity contribution in [1.29, 1.82) is 0 Å². The second-order valence-corrected chi connectivity index (χ2v) is 16.5. The van der Waals surface area contributed by atoms with Crippen molar-refractivity contribution in [2.45, 2.75) is 123 Å². The fourth-order valence-corrected chi connectivity index (χ4v) is 10.8. The number of aliphatic hydroxyl groups is 1. The molecule has 2 fully saturated rings. The Morgan fingerprint density at radius 2 is 1.90 bits per heavy atom. The number of fused-ring (bicyclic) bond motifs is 1. The van der Waals surface area contributed by atoms with Gasteiger partial charge in [0.1, 0.15) is 11.1 Å². The minimum absolute atomic E-state index is 0.388. The van der Waals surface area contributed by atoms with Crippen LogP contribution in [0.1, 0.15) is 103 Å². The van der Waals surface area contributed by atoms with Gasteiger partial charge in [-0.05, 0) is 80.3 Å². The Morgan fingerprint density at radius 3 is 2.52 bits per heavy atom. The number of rotatable bonds is 11. The van der Waals surface area contributed by atoms with E-state index in [4.69, 9.17) is 4.43 Å². The first-order chi connectivity index (χ1) is 14.8. The average Bonchev–Trinajstić information content (AvgIpc) is 3.35. The van der Waals surface area contributed by atoms with Gasteiger partial charge in [-0.3, -0.25) is 0 Å². The highest BCUT2D eigenvalue weighted by atomic mass is 32.1. The van der Waals surface area contributed by atoms with Crippen molar-refractivity contribution in [3.05, 3.63) is 16.1 Å². The maximum atomic E-state index is 10.5. The average molecular weight is 466 g/mol. The molecule has 1 aromatic heterocycles. The summed E-state index contributed by atoms with van der Waals surface area (Å²) in [5, 5.41) is 13.4. The molecule has 0 bridgehead atoms. The topological polar surface area (TPSA) is 42.4 Å². The number of hydrogen-bond donors (Lipinski definition) is 1. The van der Waals surface area contributed by atoms with Crippen LogP contribution in [0.4, 0.5) is 0 Å². The molecule has 3 rings (SSSR count). The van der Waals surface area contributed by atoms with Crippen LogP contribution in [0.2, 0.25) is 18.1 Å². The van der Waals surface area contributed by atoms with Crippen molar-refractivity contribution in [3.8, 4) is 0 Å². The maximum absolute atomic E-state index is 10.5. The smallest absolute Gasteiger partial charge is 0.192 e. The number of aromatic nitrogens is 1. The summed E-state index contributed by atoms with van der Waals surface area (Å²) in [6, 6.07) is 3.79. The zero-order valence-electron chi connectivity index (χ0n) is 21.0. The second kappa shape index (κ2) is 10.8. The number of thiazole rings is 1. The zero-order valence-corrected chi connectivity index (χ0v) is 22.8. The van der Waals surface area contributed by atoms with Gasteiger partial charge in [-0.2, -0.15) is 0 Å². The highest BCUT2D eigenvalue weighted by Crippen LogP contribution is 2.59. The summed E-state index contributed by atoms with van der Waals surface area (Å²) in [5.41, 5.74) is 1.47. The maximum Gasteiger partial charge on any atom is 0.192 e. The second-order valence-electron chi connectivity index (χ2n) is 10.8. The molecule has 31 heavy (non-hydrogen) atoms. The third kappa shape index (κ3) is 5.47. The molecule has 5 heteroatoms. The summed E-state index contributed by atoms with van der Waals surface area (Å²) < 4.78 is 7.10. The fraction of sp³-hybridized carbons (Fsp3) is 0.885. The van der Waals surface area contributed by atoms with Gasteiger partial charge >= 0.3 is 0 Å². The van der Waals surface area contributed by atoms with Crippen molar-refractivity contribution in [2.24, 2.45) is 23.2 Å². The number of aryl methyl sites for hydroxylation is 1. The minimum atomic E-state index is -1.54.